The molecule has 1 aliphatic rings. The molecule has 0 bridgehead atoms. The smallest absolute Gasteiger partial charge is 0.234 e. The van der Waals surface area contributed by atoms with Gasteiger partial charge < -0.3 is 10.2 Å². The maximum absolute atomic E-state index is 12.5. The van der Waals surface area contributed by atoms with Crippen molar-refractivity contribution in [3.8, 4) is 0 Å². The predicted octanol–water partition coefficient (Wildman–Crippen LogP) is 4.98. The van der Waals surface area contributed by atoms with Gasteiger partial charge in [-0.2, -0.15) is 0 Å². The molecule has 1 aromatic carbocycles. The molecule has 1 amide bonds. The first-order chi connectivity index (χ1) is 13.4. The third kappa shape index (κ3) is 4.00. The van der Waals surface area contributed by atoms with Crippen LogP contribution in [0.2, 0.25) is 0 Å². The number of aromatic nitrogens is 2. The number of amides is 1. The van der Waals surface area contributed by atoms with E-state index in [2.05, 4.69) is 19.2 Å². The van der Waals surface area contributed by atoms with Crippen LogP contribution in [0.4, 0.5) is 11.4 Å². The minimum atomic E-state index is -0.0214. The third-order valence-electron chi connectivity index (χ3n) is 4.96. The van der Waals surface area contributed by atoms with Gasteiger partial charge in [0.2, 0.25) is 5.91 Å². The molecule has 2 aromatic heterocycles. The normalized spacial score (nSPS) is 13.7. The summed E-state index contributed by atoms with van der Waals surface area (Å²) in [6.07, 6.45) is 2.34. The molecule has 1 aliphatic carbocycles. The highest BCUT2D eigenvalue weighted by Crippen LogP contribution is 2.42. The van der Waals surface area contributed by atoms with Crippen molar-refractivity contribution in [1.82, 2.24) is 9.97 Å². The second-order valence-electron chi connectivity index (χ2n) is 7.40. The molecule has 3 aromatic rings. The first kappa shape index (κ1) is 19.2. The van der Waals surface area contributed by atoms with Gasteiger partial charge in [0.05, 0.1) is 5.75 Å². The van der Waals surface area contributed by atoms with Crippen molar-refractivity contribution >= 4 is 50.6 Å². The van der Waals surface area contributed by atoms with Gasteiger partial charge in [-0.25, -0.2) is 9.97 Å². The van der Waals surface area contributed by atoms with Crippen LogP contribution in [0.25, 0.3) is 10.2 Å². The van der Waals surface area contributed by atoms with E-state index in [1.807, 2.05) is 43.3 Å². The predicted molar refractivity (Wildman–Crippen MR) is 119 cm³/mol. The van der Waals surface area contributed by atoms with Crippen molar-refractivity contribution in [3.63, 3.8) is 0 Å². The lowest BCUT2D eigenvalue weighted by Gasteiger charge is -2.13. The van der Waals surface area contributed by atoms with E-state index in [1.165, 1.54) is 35.0 Å². The second kappa shape index (κ2) is 7.72. The highest BCUT2D eigenvalue weighted by atomic mass is 32.2. The van der Waals surface area contributed by atoms with Crippen molar-refractivity contribution in [3.05, 3.63) is 40.5 Å². The van der Waals surface area contributed by atoms with Crippen LogP contribution in [0.5, 0.6) is 0 Å². The third-order valence-corrected chi connectivity index (χ3v) is 7.04. The number of nitrogens with zero attached hydrogens (tertiary/aromatic N) is 3. The lowest BCUT2D eigenvalue weighted by atomic mass is 10.2. The number of hydrogen-bond donors (Lipinski definition) is 1. The topological polar surface area (TPSA) is 58.1 Å². The number of nitrogens with one attached hydrogen (secondary N) is 1. The van der Waals surface area contributed by atoms with Crippen LogP contribution >= 0.6 is 23.1 Å². The van der Waals surface area contributed by atoms with Gasteiger partial charge in [0.1, 0.15) is 15.7 Å². The van der Waals surface area contributed by atoms with Gasteiger partial charge in [-0.15, -0.1) is 11.3 Å². The molecule has 1 N–H and O–H groups in total. The Morgan fingerprint density at radius 3 is 2.57 bits per heavy atom. The molecule has 0 aliphatic heterocycles. The Labute approximate surface area is 173 Å². The zero-order valence-electron chi connectivity index (χ0n) is 16.6. The largest absolute Gasteiger partial charge is 0.378 e. The van der Waals surface area contributed by atoms with Crippen LogP contribution in [0.15, 0.2) is 29.3 Å². The lowest BCUT2D eigenvalue weighted by Crippen LogP contribution is -2.14. The Hall–Kier alpha value is -2.12. The van der Waals surface area contributed by atoms with E-state index in [1.54, 1.807) is 11.3 Å². The van der Waals surface area contributed by atoms with Crippen LogP contribution in [-0.4, -0.2) is 35.7 Å². The van der Waals surface area contributed by atoms with Gasteiger partial charge >= 0.3 is 0 Å². The molecule has 1 saturated carbocycles. The van der Waals surface area contributed by atoms with Gasteiger partial charge in [0, 0.05) is 41.7 Å². The lowest BCUT2D eigenvalue weighted by molar-refractivity contribution is -0.113. The summed E-state index contributed by atoms with van der Waals surface area (Å²) in [4.78, 5) is 26.4. The molecular weight excluding hydrogens is 388 g/mol. The Morgan fingerprint density at radius 2 is 1.93 bits per heavy atom. The van der Waals surface area contributed by atoms with Gasteiger partial charge in [0.25, 0.3) is 0 Å². The molecule has 4 rings (SSSR count). The van der Waals surface area contributed by atoms with E-state index < -0.39 is 0 Å². The SMILES string of the molecule is Cc1sc2nc(C3CC3)nc(SCC(=O)Nc3ccc(N(C)C)cc3)c2c1C. The highest BCUT2D eigenvalue weighted by molar-refractivity contribution is 8.00. The zero-order valence-corrected chi connectivity index (χ0v) is 18.2. The molecule has 1 fully saturated rings. The van der Waals surface area contributed by atoms with Crippen molar-refractivity contribution in [2.24, 2.45) is 0 Å². The summed E-state index contributed by atoms with van der Waals surface area (Å²) < 4.78 is 0. The number of thiophene rings is 1. The summed E-state index contributed by atoms with van der Waals surface area (Å²) in [5.74, 6) is 1.75. The number of fused-ring (bicyclic) bond motifs is 1. The molecule has 0 saturated heterocycles. The quantitative estimate of drug-likeness (QED) is 0.457. The minimum absolute atomic E-state index is 0.0214. The summed E-state index contributed by atoms with van der Waals surface area (Å²) in [7, 11) is 3.99. The van der Waals surface area contributed by atoms with Crippen molar-refractivity contribution in [2.75, 3.05) is 30.1 Å². The van der Waals surface area contributed by atoms with Gasteiger partial charge in [-0.05, 0) is 56.5 Å². The van der Waals surface area contributed by atoms with Crippen LogP contribution in [0, 0.1) is 13.8 Å². The Bertz CT molecular complexity index is 1020. The fourth-order valence-corrected chi connectivity index (χ4v) is 5.02. The maximum atomic E-state index is 12.5. The van der Waals surface area contributed by atoms with Crippen molar-refractivity contribution < 1.29 is 4.79 Å². The van der Waals surface area contributed by atoms with Crippen molar-refractivity contribution in [1.29, 1.82) is 0 Å². The number of thioether (sulfide) groups is 1. The summed E-state index contributed by atoms with van der Waals surface area (Å²) in [6.45, 7) is 4.24. The fraction of sp³-hybridized carbons (Fsp3) is 0.381. The van der Waals surface area contributed by atoms with Crippen LogP contribution in [-0.2, 0) is 4.79 Å². The molecule has 0 spiro atoms. The molecular formula is C21H24N4OS2. The van der Waals surface area contributed by atoms with Crippen LogP contribution in [0.1, 0.15) is 35.0 Å². The summed E-state index contributed by atoms with van der Waals surface area (Å²) >= 11 is 3.23. The number of benzene rings is 1. The number of aryl methyl sites for hydroxylation is 2. The van der Waals surface area contributed by atoms with E-state index in [0.717, 1.165) is 32.4 Å². The van der Waals surface area contributed by atoms with Crippen LogP contribution < -0.4 is 10.2 Å². The molecule has 5 nitrogen and oxygen atoms in total. The van der Waals surface area contributed by atoms with E-state index in [-0.39, 0.29) is 5.91 Å². The van der Waals surface area contributed by atoms with Crippen molar-refractivity contribution in [2.45, 2.75) is 37.6 Å². The van der Waals surface area contributed by atoms with Gasteiger partial charge in [-0.3, -0.25) is 4.79 Å². The molecule has 0 unspecified atom stereocenters. The standard InChI is InChI=1S/C21H24N4OS2/c1-12-13(2)28-21-18(12)20(23-19(24-21)14-5-6-14)27-11-17(26)22-15-7-9-16(10-8-15)25(3)4/h7-10,14H,5-6,11H2,1-4H3,(H,22,26). The molecule has 0 radical (unpaired) electrons. The van der Waals surface area contributed by atoms with E-state index in [9.17, 15) is 4.79 Å². The average Bonchev–Trinajstić information content (AvgIpc) is 3.47. The van der Waals surface area contributed by atoms with Gasteiger partial charge in [-0.1, -0.05) is 11.8 Å². The first-order valence-electron chi connectivity index (χ1n) is 9.40. The molecule has 2 heterocycles. The number of carbonyl (C=O) groups excluding carboxylic acids is 1. The minimum Gasteiger partial charge on any atom is -0.378 e. The summed E-state index contributed by atoms with van der Waals surface area (Å²) in [5, 5.41) is 5.02. The number of hydrogen-bond acceptors (Lipinski definition) is 6. The van der Waals surface area contributed by atoms with Crippen LogP contribution in [0.3, 0.4) is 0 Å². The Balaban J connectivity index is 1.49. The monoisotopic (exact) mass is 412 g/mol. The second-order valence-corrected chi connectivity index (χ2v) is 9.57. The van der Waals surface area contributed by atoms with E-state index in [0.29, 0.717) is 11.7 Å². The molecule has 28 heavy (non-hydrogen) atoms. The summed E-state index contributed by atoms with van der Waals surface area (Å²) in [6, 6.07) is 7.85. The molecule has 146 valence electrons. The maximum Gasteiger partial charge on any atom is 0.234 e. The number of anilines is 2. The Morgan fingerprint density at radius 1 is 1.21 bits per heavy atom. The van der Waals surface area contributed by atoms with Gasteiger partial charge in [0.15, 0.2) is 0 Å². The zero-order chi connectivity index (χ0) is 19.8. The van der Waals surface area contributed by atoms with E-state index in [4.69, 9.17) is 9.97 Å². The molecule has 0 atom stereocenters. The van der Waals surface area contributed by atoms with E-state index >= 15 is 0 Å². The Kier molecular flexibility index (Phi) is 5.29. The highest BCUT2D eigenvalue weighted by Gasteiger charge is 2.28. The number of carbonyl (C=O) groups is 1. The molecule has 7 heteroatoms. The average molecular weight is 413 g/mol. The fourth-order valence-electron chi connectivity index (χ4n) is 3.03. The first-order valence-corrected chi connectivity index (χ1v) is 11.2. The summed E-state index contributed by atoms with van der Waals surface area (Å²) in [5.41, 5.74) is 3.14. The number of rotatable bonds is 6.